The van der Waals surface area contributed by atoms with Gasteiger partial charge in [-0.25, -0.2) is 27.8 Å². The van der Waals surface area contributed by atoms with E-state index in [9.17, 15) is 45.5 Å². The zero-order chi connectivity index (χ0) is 30.7. The maximum Gasteiger partial charge on any atom is 0.416 e. The van der Waals surface area contributed by atoms with E-state index >= 15 is 0 Å². The van der Waals surface area contributed by atoms with E-state index in [0.29, 0.717) is 22.9 Å². The summed E-state index contributed by atoms with van der Waals surface area (Å²) in [7, 11) is 1.08. The molecule has 1 N–H and O–H groups in total. The topological polar surface area (TPSA) is 119 Å². The summed E-state index contributed by atoms with van der Waals surface area (Å²) in [5.41, 5.74) is -3.19. The largest absolute Gasteiger partial charge is 0.466 e. The van der Waals surface area contributed by atoms with Crippen LogP contribution in [0.1, 0.15) is 35.7 Å². The highest BCUT2D eigenvalue weighted by molar-refractivity contribution is 6.02. The van der Waals surface area contributed by atoms with Gasteiger partial charge in [0.25, 0.3) is 5.91 Å². The highest BCUT2D eigenvalue weighted by Gasteiger charge is 2.50. The average molecular weight is 600 g/mol. The Morgan fingerprint density at radius 1 is 1.14 bits per heavy atom. The maximum atomic E-state index is 15.0. The molecule has 0 bridgehead atoms. The number of halogens is 6. The number of aliphatic imine (C=N–C) groups is 1. The van der Waals surface area contributed by atoms with Crippen molar-refractivity contribution in [2.75, 3.05) is 13.7 Å². The number of esters is 1. The number of benzene rings is 1. The molecule has 1 aromatic heterocycles. The quantitative estimate of drug-likeness (QED) is 0.415. The van der Waals surface area contributed by atoms with Crippen molar-refractivity contribution in [2.24, 2.45) is 16.8 Å². The number of alkyl halides is 3. The van der Waals surface area contributed by atoms with Gasteiger partial charge in [-0.15, -0.1) is 0 Å². The number of methoxy groups -OCH3 is 1. The number of amidine groups is 1. The summed E-state index contributed by atoms with van der Waals surface area (Å²) in [6, 6.07) is -1.60. The SMILES string of the molecule is COC(=O)[C@@H]1CN(C2=Nc3c(c(=O)c(C(=O)N[C@@H](C4CC4)C(F)(F)F)cn3-c3c(F)cc(F)cc3F)CC2C)C(=O)O1. The van der Waals surface area contributed by atoms with E-state index in [4.69, 9.17) is 4.74 Å². The fraction of sp³-hybridized carbons (Fsp3) is 0.423. The molecule has 5 rings (SSSR count). The first kappa shape index (κ1) is 29.1. The molecule has 1 aromatic carbocycles. The van der Waals surface area contributed by atoms with Crippen LogP contribution in [0.5, 0.6) is 0 Å². The monoisotopic (exact) mass is 600 g/mol. The van der Waals surface area contributed by atoms with Crippen molar-refractivity contribution in [3.05, 3.63) is 57.1 Å². The molecule has 0 spiro atoms. The predicted molar refractivity (Wildman–Crippen MR) is 131 cm³/mol. The number of nitrogens with one attached hydrogen (secondary N) is 1. The van der Waals surface area contributed by atoms with Crippen LogP contribution in [0.3, 0.4) is 0 Å². The van der Waals surface area contributed by atoms with Crippen LogP contribution in [0.2, 0.25) is 0 Å². The second-order valence-corrected chi connectivity index (χ2v) is 10.2. The van der Waals surface area contributed by atoms with E-state index < -0.39 is 88.1 Å². The zero-order valence-corrected chi connectivity index (χ0v) is 21.9. The number of ether oxygens (including phenoxy) is 2. The highest BCUT2D eigenvalue weighted by atomic mass is 19.4. The number of aromatic nitrogens is 1. The van der Waals surface area contributed by atoms with Crippen LogP contribution < -0.4 is 10.7 Å². The second-order valence-electron chi connectivity index (χ2n) is 10.2. The van der Waals surface area contributed by atoms with Crippen molar-refractivity contribution in [3.63, 3.8) is 0 Å². The molecular weight excluding hydrogens is 578 g/mol. The maximum absolute atomic E-state index is 15.0. The summed E-state index contributed by atoms with van der Waals surface area (Å²) in [5.74, 6) is -8.72. The summed E-state index contributed by atoms with van der Waals surface area (Å²) >= 11 is 0. The molecule has 3 heterocycles. The van der Waals surface area contributed by atoms with Gasteiger partial charge in [0, 0.05) is 29.8 Å². The lowest BCUT2D eigenvalue weighted by molar-refractivity contribution is -0.158. The van der Waals surface area contributed by atoms with Crippen molar-refractivity contribution in [3.8, 4) is 5.69 Å². The van der Waals surface area contributed by atoms with E-state index in [-0.39, 0.29) is 37.2 Å². The molecule has 1 aliphatic carbocycles. The minimum absolute atomic E-state index is 0.0712. The number of hydrogen-bond acceptors (Lipinski definition) is 7. The summed E-state index contributed by atoms with van der Waals surface area (Å²) in [6.07, 6.45) is -6.39. The molecule has 2 fully saturated rings. The predicted octanol–water partition coefficient (Wildman–Crippen LogP) is 3.54. The first-order chi connectivity index (χ1) is 19.7. The van der Waals surface area contributed by atoms with Gasteiger partial charge in [-0.2, -0.15) is 13.2 Å². The van der Waals surface area contributed by atoms with Gasteiger partial charge < -0.3 is 14.8 Å². The first-order valence-corrected chi connectivity index (χ1v) is 12.7. The molecule has 2 aliphatic heterocycles. The van der Waals surface area contributed by atoms with Crippen molar-refractivity contribution in [1.82, 2.24) is 14.8 Å². The Balaban J connectivity index is 1.66. The van der Waals surface area contributed by atoms with Crippen LogP contribution in [-0.2, 0) is 20.7 Å². The molecule has 42 heavy (non-hydrogen) atoms. The highest BCUT2D eigenvalue weighted by Crippen LogP contribution is 2.40. The minimum Gasteiger partial charge on any atom is -0.466 e. The average Bonchev–Trinajstić information content (AvgIpc) is 3.67. The Kier molecular flexibility index (Phi) is 7.27. The third-order valence-corrected chi connectivity index (χ3v) is 7.20. The van der Waals surface area contributed by atoms with E-state index in [0.717, 1.165) is 12.0 Å². The lowest BCUT2D eigenvalue weighted by Gasteiger charge is -2.28. The molecule has 224 valence electrons. The van der Waals surface area contributed by atoms with Gasteiger partial charge in [-0.1, -0.05) is 6.92 Å². The third-order valence-electron chi connectivity index (χ3n) is 7.20. The third kappa shape index (κ3) is 5.20. The lowest BCUT2D eigenvalue weighted by atomic mass is 9.94. The van der Waals surface area contributed by atoms with Gasteiger partial charge in [0.05, 0.1) is 13.7 Å². The van der Waals surface area contributed by atoms with E-state index in [1.165, 1.54) is 6.92 Å². The summed E-state index contributed by atoms with van der Waals surface area (Å²) in [6.45, 7) is 1.18. The molecule has 1 unspecified atom stereocenters. The zero-order valence-electron chi connectivity index (χ0n) is 21.9. The molecule has 3 atom stereocenters. The van der Waals surface area contributed by atoms with Crippen molar-refractivity contribution in [2.45, 2.75) is 44.5 Å². The van der Waals surface area contributed by atoms with Gasteiger partial charge in [0.2, 0.25) is 6.10 Å². The van der Waals surface area contributed by atoms with E-state index in [1.807, 2.05) is 5.32 Å². The van der Waals surface area contributed by atoms with Gasteiger partial charge in [-0.3, -0.25) is 19.1 Å². The number of carbonyl (C=O) groups excluding carboxylic acids is 3. The van der Waals surface area contributed by atoms with Gasteiger partial charge >= 0.3 is 18.2 Å². The molecule has 1 saturated heterocycles. The number of hydrogen-bond donors (Lipinski definition) is 1. The summed E-state index contributed by atoms with van der Waals surface area (Å²) < 4.78 is 94.7. The summed E-state index contributed by atoms with van der Waals surface area (Å²) in [4.78, 5) is 56.2. The molecule has 2 amide bonds. The normalized spacial score (nSPS) is 20.9. The number of fused-ring (bicyclic) bond motifs is 1. The molecule has 3 aliphatic rings. The fourth-order valence-corrected chi connectivity index (χ4v) is 5.02. The van der Waals surface area contributed by atoms with Crippen molar-refractivity contribution < 1.29 is 50.2 Å². The number of carbonyl (C=O) groups is 3. The van der Waals surface area contributed by atoms with Crippen LogP contribution in [0, 0.1) is 29.3 Å². The summed E-state index contributed by atoms with van der Waals surface area (Å²) in [5, 5.41) is 1.82. The Morgan fingerprint density at radius 3 is 2.36 bits per heavy atom. The minimum atomic E-state index is -4.82. The van der Waals surface area contributed by atoms with Gasteiger partial charge in [-0.05, 0) is 25.2 Å². The number of amides is 2. The van der Waals surface area contributed by atoms with Gasteiger partial charge in [0.15, 0.2) is 17.1 Å². The Hall–Kier alpha value is -4.37. The molecule has 0 radical (unpaired) electrons. The van der Waals surface area contributed by atoms with Crippen molar-refractivity contribution in [1.29, 1.82) is 0 Å². The van der Waals surface area contributed by atoms with Crippen molar-refractivity contribution >= 4 is 29.6 Å². The number of nitrogens with zero attached hydrogens (tertiary/aromatic N) is 3. The van der Waals surface area contributed by atoms with Crippen LogP contribution in [0.4, 0.5) is 37.0 Å². The van der Waals surface area contributed by atoms with Crippen LogP contribution in [0.25, 0.3) is 5.69 Å². The van der Waals surface area contributed by atoms with E-state index in [1.54, 1.807) is 0 Å². The fourth-order valence-electron chi connectivity index (χ4n) is 5.02. The molecule has 2 aromatic rings. The molecule has 10 nitrogen and oxygen atoms in total. The molecule has 16 heteroatoms. The number of rotatable bonds is 5. The van der Waals surface area contributed by atoms with Crippen LogP contribution >= 0.6 is 0 Å². The lowest BCUT2D eigenvalue weighted by Crippen LogP contribution is -2.48. The Morgan fingerprint density at radius 2 is 1.79 bits per heavy atom. The number of pyridine rings is 1. The Bertz CT molecular complexity index is 1560. The molecule has 1 saturated carbocycles. The standard InChI is InChI=1S/C26H22F6N4O6/c1-10-5-13-19(37)14(23(38)33-20(11-3-4-11)26(30,31)32)8-35(18-15(28)6-12(27)7-16(18)29)22(13)34-21(10)36-9-17(24(39)41-2)42-25(36)40/h6-8,10-11,17,20H,3-5,9H2,1-2H3,(H,33,38)/t10?,17-,20-/m0/s1. The molecular formula is C26H22F6N4O6. The van der Waals surface area contributed by atoms with E-state index in [2.05, 4.69) is 9.73 Å². The number of cyclic esters (lactones) is 1. The van der Waals surface area contributed by atoms with Gasteiger partial charge in [0.1, 0.15) is 34.8 Å². The smallest absolute Gasteiger partial charge is 0.416 e. The first-order valence-electron chi connectivity index (χ1n) is 12.7. The van der Waals surface area contributed by atoms with Crippen LogP contribution in [-0.4, -0.2) is 65.2 Å². The van der Waals surface area contributed by atoms with Crippen LogP contribution in [0.15, 0.2) is 28.1 Å². The second kappa shape index (κ2) is 10.5. The Labute approximate surface area is 232 Å².